The summed E-state index contributed by atoms with van der Waals surface area (Å²) in [7, 11) is -2.52. The number of carbonyl (C=O) groups excluding carboxylic acids is 1. The van der Waals surface area contributed by atoms with Gasteiger partial charge in [0.05, 0.1) is 10.9 Å². The molecule has 0 fully saturated rings. The van der Waals surface area contributed by atoms with Crippen LogP contribution in [0.5, 0.6) is 0 Å². The third kappa shape index (κ3) is 1.82. The number of nitrogens with one attached hydrogen (secondary N) is 1. The smallest absolute Gasteiger partial charge is 0.341 e. The van der Waals surface area contributed by atoms with Gasteiger partial charge >= 0.3 is 5.97 Å². The van der Waals surface area contributed by atoms with E-state index < -0.39 is 33.8 Å². The van der Waals surface area contributed by atoms with E-state index in [4.69, 9.17) is 5.11 Å². The summed E-state index contributed by atoms with van der Waals surface area (Å²) in [5, 5.41) is 10.8. The van der Waals surface area contributed by atoms with Gasteiger partial charge in [0.25, 0.3) is 5.91 Å². The largest absolute Gasteiger partial charge is 0.477 e. The highest BCUT2D eigenvalue weighted by atomic mass is 32.2. The Balaban J connectivity index is 3.34. The monoisotopic (exact) mass is 217 g/mol. The number of amides is 1. The molecule has 14 heavy (non-hydrogen) atoms. The van der Waals surface area contributed by atoms with E-state index in [-0.39, 0.29) is 4.86 Å². The van der Waals surface area contributed by atoms with Gasteiger partial charge in [-0.1, -0.05) is 0 Å². The highest BCUT2D eigenvalue weighted by molar-refractivity contribution is 7.73. The molecule has 6 nitrogen and oxygen atoms in total. The number of carboxylic acids is 1. The van der Waals surface area contributed by atoms with Crippen molar-refractivity contribution >= 4 is 27.0 Å². The molecule has 1 aliphatic heterocycles. The van der Waals surface area contributed by atoms with Crippen LogP contribution in [0.3, 0.4) is 0 Å². The molecule has 0 aromatic carbocycles. The minimum Gasteiger partial charge on any atom is -0.477 e. The highest BCUT2D eigenvalue weighted by Gasteiger charge is 2.27. The third-order valence-corrected chi connectivity index (χ3v) is 2.58. The molecule has 0 aromatic heterocycles. The first kappa shape index (κ1) is 10.5. The Hall–Kier alpha value is -1.63. The summed E-state index contributed by atoms with van der Waals surface area (Å²) in [5.74, 6) is -2.23. The van der Waals surface area contributed by atoms with E-state index in [1.807, 2.05) is 0 Å². The molecule has 76 valence electrons. The van der Waals surface area contributed by atoms with Crippen molar-refractivity contribution in [3.63, 3.8) is 0 Å². The van der Waals surface area contributed by atoms with E-state index in [0.717, 1.165) is 6.08 Å². The van der Waals surface area contributed by atoms with Crippen molar-refractivity contribution in [2.75, 3.05) is 0 Å². The average molecular weight is 217 g/mol. The molecule has 0 aliphatic carbocycles. The predicted octanol–water partition coefficient (Wildman–Crippen LogP) is -1.43. The van der Waals surface area contributed by atoms with Crippen LogP contribution < -0.4 is 5.32 Å². The molecule has 2 N–H and O–H groups in total. The van der Waals surface area contributed by atoms with Gasteiger partial charge in [0, 0.05) is 0 Å². The minimum atomic E-state index is -2.52. The van der Waals surface area contributed by atoms with Gasteiger partial charge in [-0.2, -0.15) is 8.42 Å². The topological polar surface area (TPSA) is 101 Å². The fourth-order valence-electron chi connectivity index (χ4n) is 1.03. The Kier molecular flexibility index (Phi) is 2.70. The lowest BCUT2D eigenvalue weighted by Crippen LogP contribution is -2.44. The Labute approximate surface area is 80.8 Å². The first-order chi connectivity index (χ1) is 6.43. The molecule has 1 unspecified atom stereocenters. The number of carbonyl (C=O) groups is 2. The van der Waals surface area contributed by atoms with Crippen LogP contribution in [0.1, 0.15) is 6.92 Å². The summed E-state index contributed by atoms with van der Waals surface area (Å²) in [5.41, 5.74) is -0.567. The molecule has 1 amide bonds. The Bertz CT molecular complexity index is 450. The van der Waals surface area contributed by atoms with E-state index in [9.17, 15) is 18.0 Å². The molecule has 1 rings (SSSR count). The van der Waals surface area contributed by atoms with Crippen LogP contribution in [0.25, 0.3) is 0 Å². The fraction of sp³-hybridized carbons (Fsp3) is 0.286. The lowest BCUT2D eigenvalue weighted by Gasteiger charge is -2.17. The van der Waals surface area contributed by atoms with Gasteiger partial charge in [-0.15, -0.1) is 0 Å². The molecule has 0 aromatic rings. The van der Waals surface area contributed by atoms with Crippen molar-refractivity contribution in [3.8, 4) is 0 Å². The molecule has 0 radical (unpaired) electrons. The van der Waals surface area contributed by atoms with Gasteiger partial charge in [-0.25, -0.2) is 4.79 Å². The number of hydrogen-bond donors (Lipinski definition) is 2. The van der Waals surface area contributed by atoms with Gasteiger partial charge in [0.2, 0.25) is 10.3 Å². The maximum atomic E-state index is 11.0. The summed E-state index contributed by atoms with van der Waals surface area (Å²) >= 11 is 0. The summed E-state index contributed by atoms with van der Waals surface area (Å²) < 4.78 is 21.2. The Morgan fingerprint density at radius 2 is 2.14 bits per heavy atom. The molecule has 1 aliphatic rings. The zero-order valence-corrected chi connectivity index (χ0v) is 7.96. The van der Waals surface area contributed by atoms with E-state index >= 15 is 0 Å². The first-order valence-corrected chi connectivity index (χ1v) is 4.73. The molecular weight excluding hydrogens is 210 g/mol. The van der Waals surface area contributed by atoms with Crippen LogP contribution in [0.2, 0.25) is 0 Å². The summed E-state index contributed by atoms with van der Waals surface area (Å²) in [6, 6.07) is -0.691. The molecule has 1 atom stereocenters. The maximum absolute atomic E-state index is 11.0. The highest BCUT2D eigenvalue weighted by Crippen LogP contribution is 2.05. The second-order valence-electron chi connectivity index (χ2n) is 2.70. The normalized spacial score (nSPS) is 21.2. The summed E-state index contributed by atoms with van der Waals surface area (Å²) in [6.07, 6.45) is 0.870. The SMILES string of the molecule is CC1NC(=O)C(C(=O)O)=CC1=S(=O)=O. The standard InChI is InChI=1S/C7H7NO5S/c1-3-5(14(12)13)2-4(7(10)11)6(9)8-3/h2-3H,1H3,(H,8,9)(H,10,11). The molecule has 0 saturated heterocycles. The quantitative estimate of drug-likeness (QED) is 0.414. The molecular formula is C7H7NO5S. The zero-order chi connectivity index (χ0) is 10.9. The zero-order valence-electron chi connectivity index (χ0n) is 7.14. The number of rotatable bonds is 1. The number of carboxylic acid groups (broad SMARTS) is 1. The number of hydrogen-bond acceptors (Lipinski definition) is 4. The Morgan fingerprint density at radius 1 is 1.57 bits per heavy atom. The van der Waals surface area contributed by atoms with Crippen LogP contribution in [0, 0.1) is 0 Å². The van der Waals surface area contributed by atoms with Crippen molar-refractivity contribution in [3.05, 3.63) is 11.6 Å². The van der Waals surface area contributed by atoms with Crippen LogP contribution in [-0.2, 0) is 19.9 Å². The van der Waals surface area contributed by atoms with Gasteiger partial charge in [-0.3, -0.25) is 4.79 Å². The minimum absolute atomic E-state index is 0.137. The lowest BCUT2D eigenvalue weighted by atomic mass is 10.1. The molecule has 7 heteroatoms. The Morgan fingerprint density at radius 3 is 2.57 bits per heavy atom. The lowest BCUT2D eigenvalue weighted by molar-refractivity contribution is -0.135. The van der Waals surface area contributed by atoms with Crippen LogP contribution in [-0.4, -0.2) is 36.3 Å². The van der Waals surface area contributed by atoms with Gasteiger partial charge < -0.3 is 10.4 Å². The maximum Gasteiger partial charge on any atom is 0.341 e. The van der Waals surface area contributed by atoms with Crippen molar-refractivity contribution in [1.82, 2.24) is 5.32 Å². The van der Waals surface area contributed by atoms with E-state index in [2.05, 4.69) is 5.32 Å². The van der Waals surface area contributed by atoms with Crippen molar-refractivity contribution in [2.45, 2.75) is 13.0 Å². The number of aliphatic carboxylic acids is 1. The van der Waals surface area contributed by atoms with Crippen molar-refractivity contribution < 1.29 is 23.1 Å². The van der Waals surface area contributed by atoms with E-state index in [1.165, 1.54) is 6.92 Å². The first-order valence-electron chi connectivity index (χ1n) is 3.65. The molecule has 0 spiro atoms. The fourth-order valence-corrected chi connectivity index (χ4v) is 1.59. The predicted molar refractivity (Wildman–Crippen MR) is 47.3 cm³/mol. The van der Waals surface area contributed by atoms with Crippen molar-refractivity contribution in [1.29, 1.82) is 0 Å². The van der Waals surface area contributed by atoms with Crippen LogP contribution >= 0.6 is 0 Å². The van der Waals surface area contributed by atoms with Gasteiger partial charge in [0.1, 0.15) is 5.57 Å². The third-order valence-electron chi connectivity index (χ3n) is 1.73. The summed E-state index contributed by atoms with van der Waals surface area (Å²) in [6.45, 7) is 1.46. The molecule has 1 heterocycles. The summed E-state index contributed by atoms with van der Waals surface area (Å²) in [4.78, 5) is 21.4. The van der Waals surface area contributed by atoms with E-state index in [0.29, 0.717) is 0 Å². The second-order valence-corrected chi connectivity index (χ2v) is 3.64. The van der Waals surface area contributed by atoms with Gasteiger partial charge in [-0.05, 0) is 13.0 Å². The van der Waals surface area contributed by atoms with E-state index in [1.54, 1.807) is 0 Å². The van der Waals surface area contributed by atoms with Crippen molar-refractivity contribution in [2.24, 2.45) is 0 Å². The van der Waals surface area contributed by atoms with Crippen LogP contribution in [0.4, 0.5) is 0 Å². The average Bonchev–Trinajstić information content (AvgIpc) is 2.02. The second kappa shape index (κ2) is 3.62. The molecule has 0 bridgehead atoms. The van der Waals surface area contributed by atoms with Crippen LogP contribution in [0.15, 0.2) is 11.6 Å². The molecule has 0 saturated carbocycles. The van der Waals surface area contributed by atoms with Gasteiger partial charge in [0.15, 0.2) is 0 Å².